The van der Waals surface area contributed by atoms with Crippen molar-refractivity contribution in [1.29, 1.82) is 0 Å². The molecule has 0 saturated carbocycles. The first-order valence-electron chi connectivity index (χ1n) is 3.39. The van der Waals surface area contributed by atoms with Crippen molar-refractivity contribution in [1.82, 2.24) is 0 Å². The largest absolute Gasteiger partial charge is 0.389 e. The standard InChI is InChI=1S/C6H9F3N2O2/c7-6(8,9)2-1-3(4(10)12)5(11)13/h3H,1-2H2,(H2,10,12)(H2,11,13). The molecular weight excluding hydrogens is 189 g/mol. The summed E-state index contributed by atoms with van der Waals surface area (Å²) in [6.45, 7) is 0. The highest BCUT2D eigenvalue weighted by Gasteiger charge is 2.31. The van der Waals surface area contributed by atoms with Crippen LogP contribution in [0.2, 0.25) is 0 Å². The molecule has 7 heteroatoms. The van der Waals surface area contributed by atoms with E-state index >= 15 is 0 Å². The molecule has 0 aliphatic rings. The second-order valence-corrected chi connectivity index (χ2v) is 2.51. The Morgan fingerprint density at radius 2 is 1.54 bits per heavy atom. The van der Waals surface area contributed by atoms with E-state index in [4.69, 9.17) is 0 Å². The van der Waals surface area contributed by atoms with Gasteiger partial charge in [0.2, 0.25) is 11.8 Å². The Morgan fingerprint density at radius 1 is 1.15 bits per heavy atom. The predicted molar refractivity (Wildman–Crippen MR) is 37.2 cm³/mol. The number of hydrogen-bond donors (Lipinski definition) is 2. The molecule has 0 spiro atoms. The Kier molecular flexibility index (Phi) is 3.70. The van der Waals surface area contributed by atoms with Gasteiger partial charge in [-0.05, 0) is 6.42 Å². The number of carbonyl (C=O) groups excluding carboxylic acids is 2. The van der Waals surface area contributed by atoms with Crippen molar-refractivity contribution < 1.29 is 22.8 Å². The summed E-state index contributed by atoms with van der Waals surface area (Å²) in [6.07, 6.45) is -6.35. The van der Waals surface area contributed by atoms with Crippen molar-refractivity contribution in [3.05, 3.63) is 0 Å². The van der Waals surface area contributed by atoms with Gasteiger partial charge in [-0.1, -0.05) is 0 Å². The second kappa shape index (κ2) is 4.11. The van der Waals surface area contributed by atoms with E-state index in [1.807, 2.05) is 0 Å². The summed E-state index contributed by atoms with van der Waals surface area (Å²) in [4.78, 5) is 20.8. The lowest BCUT2D eigenvalue weighted by molar-refractivity contribution is -0.143. The molecule has 0 atom stereocenters. The van der Waals surface area contributed by atoms with E-state index in [0.29, 0.717) is 0 Å². The number of carbonyl (C=O) groups is 2. The topological polar surface area (TPSA) is 86.2 Å². The van der Waals surface area contributed by atoms with Crippen molar-refractivity contribution in [2.75, 3.05) is 0 Å². The minimum Gasteiger partial charge on any atom is -0.369 e. The zero-order valence-electron chi connectivity index (χ0n) is 6.60. The van der Waals surface area contributed by atoms with Gasteiger partial charge < -0.3 is 11.5 Å². The molecule has 0 aromatic heterocycles. The van der Waals surface area contributed by atoms with Crippen LogP contribution in [0.5, 0.6) is 0 Å². The van der Waals surface area contributed by atoms with Gasteiger partial charge >= 0.3 is 6.18 Å². The van der Waals surface area contributed by atoms with E-state index in [9.17, 15) is 22.8 Å². The molecule has 76 valence electrons. The quantitative estimate of drug-likeness (QED) is 0.619. The van der Waals surface area contributed by atoms with Crippen molar-refractivity contribution in [2.24, 2.45) is 17.4 Å². The number of halogens is 3. The Labute approximate surface area is 72.1 Å². The third-order valence-electron chi connectivity index (χ3n) is 1.40. The van der Waals surface area contributed by atoms with Gasteiger partial charge in [-0.15, -0.1) is 0 Å². The van der Waals surface area contributed by atoms with Gasteiger partial charge in [0, 0.05) is 6.42 Å². The minimum atomic E-state index is -4.41. The zero-order valence-corrected chi connectivity index (χ0v) is 6.60. The first-order chi connectivity index (χ1) is 5.74. The van der Waals surface area contributed by atoms with Crippen LogP contribution in [0.25, 0.3) is 0 Å². The van der Waals surface area contributed by atoms with Gasteiger partial charge in [0.25, 0.3) is 0 Å². The maximum absolute atomic E-state index is 11.6. The van der Waals surface area contributed by atoms with Crippen LogP contribution in [-0.2, 0) is 9.59 Å². The maximum atomic E-state index is 11.6. The van der Waals surface area contributed by atoms with Gasteiger partial charge in [-0.2, -0.15) is 13.2 Å². The highest BCUT2D eigenvalue weighted by molar-refractivity contribution is 5.98. The number of alkyl halides is 3. The predicted octanol–water partition coefficient (Wildman–Crippen LogP) is -0.0843. The number of hydrogen-bond acceptors (Lipinski definition) is 2. The molecule has 2 amide bonds. The lowest BCUT2D eigenvalue weighted by Gasteiger charge is -2.10. The van der Waals surface area contributed by atoms with Crippen molar-refractivity contribution >= 4 is 11.8 Å². The maximum Gasteiger partial charge on any atom is 0.389 e. The summed E-state index contributed by atoms with van der Waals surface area (Å²) in [5, 5.41) is 0. The molecule has 0 aliphatic carbocycles. The van der Waals surface area contributed by atoms with Crippen LogP contribution in [0.15, 0.2) is 0 Å². The number of nitrogens with two attached hydrogens (primary N) is 2. The highest BCUT2D eigenvalue weighted by Crippen LogP contribution is 2.23. The molecule has 4 nitrogen and oxygen atoms in total. The summed E-state index contributed by atoms with van der Waals surface area (Å²) in [5.74, 6) is -3.80. The fourth-order valence-electron chi connectivity index (χ4n) is 0.733. The van der Waals surface area contributed by atoms with E-state index < -0.39 is 36.8 Å². The summed E-state index contributed by atoms with van der Waals surface area (Å²) in [5.41, 5.74) is 9.32. The van der Waals surface area contributed by atoms with Gasteiger partial charge in [0.05, 0.1) is 0 Å². The molecule has 0 radical (unpaired) electrons. The third-order valence-corrected chi connectivity index (χ3v) is 1.40. The van der Waals surface area contributed by atoms with E-state index in [1.54, 1.807) is 0 Å². The first kappa shape index (κ1) is 11.7. The Hall–Kier alpha value is -1.27. The summed E-state index contributed by atoms with van der Waals surface area (Å²) < 4.78 is 34.9. The first-order valence-corrected chi connectivity index (χ1v) is 3.39. The van der Waals surface area contributed by atoms with Gasteiger partial charge in [0.1, 0.15) is 5.92 Å². The molecule has 0 aromatic rings. The molecule has 13 heavy (non-hydrogen) atoms. The van der Waals surface area contributed by atoms with E-state index in [1.165, 1.54) is 0 Å². The van der Waals surface area contributed by atoms with Gasteiger partial charge in [0.15, 0.2) is 0 Å². The monoisotopic (exact) mass is 198 g/mol. The van der Waals surface area contributed by atoms with Gasteiger partial charge in [-0.3, -0.25) is 9.59 Å². The van der Waals surface area contributed by atoms with Crippen LogP contribution in [0.4, 0.5) is 13.2 Å². The smallest absolute Gasteiger partial charge is 0.369 e. The number of primary amides is 2. The summed E-state index contributed by atoms with van der Waals surface area (Å²) >= 11 is 0. The Bertz CT molecular complexity index is 200. The third kappa shape index (κ3) is 5.05. The van der Waals surface area contributed by atoms with Crippen molar-refractivity contribution in [2.45, 2.75) is 19.0 Å². The highest BCUT2D eigenvalue weighted by atomic mass is 19.4. The van der Waals surface area contributed by atoms with Crippen molar-refractivity contribution in [3.8, 4) is 0 Å². The van der Waals surface area contributed by atoms with Crippen LogP contribution < -0.4 is 11.5 Å². The molecule has 0 bridgehead atoms. The lowest BCUT2D eigenvalue weighted by Crippen LogP contribution is -2.35. The molecule has 4 N–H and O–H groups in total. The Balaban J connectivity index is 4.14. The SMILES string of the molecule is NC(=O)C(CCC(F)(F)F)C(N)=O. The molecule has 0 heterocycles. The Morgan fingerprint density at radius 3 is 1.77 bits per heavy atom. The fourth-order valence-corrected chi connectivity index (χ4v) is 0.733. The average molecular weight is 198 g/mol. The summed E-state index contributed by atoms with van der Waals surface area (Å²) in [6, 6.07) is 0. The number of rotatable bonds is 4. The van der Waals surface area contributed by atoms with Crippen LogP contribution in [-0.4, -0.2) is 18.0 Å². The molecular formula is C6H9F3N2O2. The second-order valence-electron chi connectivity index (χ2n) is 2.51. The van der Waals surface area contributed by atoms with Gasteiger partial charge in [-0.25, -0.2) is 0 Å². The van der Waals surface area contributed by atoms with Crippen LogP contribution in [0.3, 0.4) is 0 Å². The summed E-state index contributed by atoms with van der Waals surface area (Å²) in [7, 11) is 0. The molecule has 0 unspecified atom stereocenters. The van der Waals surface area contributed by atoms with E-state index in [0.717, 1.165) is 0 Å². The molecule has 0 fully saturated rings. The zero-order chi connectivity index (χ0) is 10.6. The van der Waals surface area contributed by atoms with Crippen LogP contribution in [0.1, 0.15) is 12.8 Å². The van der Waals surface area contributed by atoms with Crippen LogP contribution in [0, 0.1) is 5.92 Å². The van der Waals surface area contributed by atoms with Crippen molar-refractivity contribution in [3.63, 3.8) is 0 Å². The molecule has 0 saturated heterocycles. The molecule has 0 rings (SSSR count). The lowest BCUT2D eigenvalue weighted by atomic mass is 10.0. The van der Waals surface area contributed by atoms with E-state index in [2.05, 4.69) is 11.5 Å². The minimum absolute atomic E-state index is 0.686. The fraction of sp³-hybridized carbons (Fsp3) is 0.667. The molecule has 0 aliphatic heterocycles. The normalized spacial score (nSPS) is 11.7. The molecule has 0 aromatic carbocycles. The van der Waals surface area contributed by atoms with Crippen LogP contribution >= 0.6 is 0 Å². The average Bonchev–Trinajstić information content (AvgIpc) is 1.82. The number of amides is 2. The van der Waals surface area contributed by atoms with E-state index in [-0.39, 0.29) is 0 Å².